The number of carbonyl (C=O) groups excluding carboxylic acids is 2. The number of nitrogens with zero attached hydrogens (tertiary/aromatic N) is 3. The number of ether oxygens (including phenoxy) is 1. The molecule has 4 aliphatic heterocycles. The lowest BCUT2D eigenvalue weighted by Gasteiger charge is -2.44. The third-order valence-electron chi connectivity index (χ3n) is 8.48. The molecule has 0 aromatic heterocycles. The summed E-state index contributed by atoms with van der Waals surface area (Å²) in [6.07, 6.45) is -1.19. The van der Waals surface area contributed by atoms with Gasteiger partial charge in [-0.05, 0) is 61.6 Å². The van der Waals surface area contributed by atoms with Crippen LogP contribution in [0, 0.1) is 17.8 Å². The second-order valence-corrected chi connectivity index (χ2v) is 12.9. The molecular formula is C26H35F3N4O5S. The molecule has 4 aliphatic rings. The second-order valence-electron chi connectivity index (χ2n) is 11.0. The molecule has 0 bridgehead atoms. The molecule has 0 spiro atoms. The van der Waals surface area contributed by atoms with E-state index in [4.69, 9.17) is 4.74 Å². The predicted molar refractivity (Wildman–Crippen MR) is 135 cm³/mol. The number of benzene rings is 1. The van der Waals surface area contributed by atoms with Crippen molar-refractivity contribution in [1.29, 1.82) is 0 Å². The first kappa shape index (κ1) is 28.3. The van der Waals surface area contributed by atoms with Crippen LogP contribution in [-0.4, -0.2) is 85.7 Å². The highest BCUT2D eigenvalue weighted by Gasteiger charge is 2.46. The Morgan fingerprint density at radius 1 is 0.949 bits per heavy atom. The summed E-state index contributed by atoms with van der Waals surface area (Å²) in [5, 5.41) is 2.74. The lowest BCUT2D eigenvalue weighted by Crippen LogP contribution is -2.59. The normalized spacial score (nSPS) is 27.5. The van der Waals surface area contributed by atoms with E-state index in [9.17, 15) is 31.2 Å². The van der Waals surface area contributed by atoms with Crippen molar-refractivity contribution in [1.82, 2.24) is 18.8 Å². The van der Waals surface area contributed by atoms with Crippen LogP contribution in [0.25, 0.3) is 0 Å². The minimum atomic E-state index is -4.43. The topological polar surface area (TPSA) is 99.3 Å². The highest BCUT2D eigenvalue weighted by atomic mass is 32.2. The fourth-order valence-electron chi connectivity index (χ4n) is 6.05. The number of carbonyl (C=O) groups is 2. The van der Waals surface area contributed by atoms with Gasteiger partial charge in [0.25, 0.3) is 10.2 Å². The first-order chi connectivity index (χ1) is 18.5. The molecule has 1 unspecified atom stereocenters. The number of hydrogen-bond donors (Lipinski definition) is 1. The lowest BCUT2D eigenvalue weighted by atomic mass is 9.87. The monoisotopic (exact) mass is 572 g/mol. The first-order valence-corrected chi connectivity index (χ1v) is 15.0. The molecule has 4 fully saturated rings. The van der Waals surface area contributed by atoms with Gasteiger partial charge in [-0.1, -0.05) is 12.1 Å². The Balaban J connectivity index is 1.15. The fraction of sp³-hybridized carbons (Fsp3) is 0.692. The maximum absolute atomic E-state index is 13.5. The Morgan fingerprint density at radius 2 is 1.67 bits per heavy atom. The van der Waals surface area contributed by atoms with E-state index in [-0.39, 0.29) is 24.9 Å². The molecule has 1 N–H and O–H groups in total. The Labute approximate surface area is 226 Å². The van der Waals surface area contributed by atoms with Gasteiger partial charge in [-0.15, -0.1) is 0 Å². The fourth-order valence-corrected chi connectivity index (χ4v) is 7.87. The Bertz CT molecular complexity index is 1150. The molecule has 2 amide bonds. The molecule has 3 atom stereocenters. The van der Waals surface area contributed by atoms with Gasteiger partial charge in [-0.3, -0.25) is 9.59 Å². The third-order valence-corrected chi connectivity index (χ3v) is 10.4. The summed E-state index contributed by atoms with van der Waals surface area (Å²) in [6.45, 7) is 3.33. The maximum atomic E-state index is 13.5. The molecule has 216 valence electrons. The van der Waals surface area contributed by atoms with Gasteiger partial charge in [0.05, 0.1) is 11.5 Å². The van der Waals surface area contributed by atoms with Crippen LogP contribution in [0.2, 0.25) is 0 Å². The first-order valence-electron chi connectivity index (χ1n) is 13.6. The maximum Gasteiger partial charge on any atom is 0.416 e. The molecule has 9 nitrogen and oxygen atoms in total. The van der Waals surface area contributed by atoms with Crippen molar-refractivity contribution in [3.63, 3.8) is 0 Å². The van der Waals surface area contributed by atoms with Crippen LogP contribution >= 0.6 is 0 Å². The summed E-state index contributed by atoms with van der Waals surface area (Å²) in [7, 11) is -3.65. The van der Waals surface area contributed by atoms with Gasteiger partial charge in [0.15, 0.2) is 0 Å². The number of nitrogens with one attached hydrogen (secondary N) is 1. The number of likely N-dealkylation sites (tertiary alicyclic amines) is 1. The van der Waals surface area contributed by atoms with Crippen LogP contribution < -0.4 is 5.32 Å². The summed E-state index contributed by atoms with van der Waals surface area (Å²) in [4.78, 5) is 27.9. The van der Waals surface area contributed by atoms with Crippen molar-refractivity contribution >= 4 is 22.0 Å². The largest absolute Gasteiger partial charge is 0.416 e. The van der Waals surface area contributed by atoms with Gasteiger partial charge >= 0.3 is 6.18 Å². The van der Waals surface area contributed by atoms with E-state index in [1.807, 2.05) is 0 Å². The quantitative estimate of drug-likeness (QED) is 0.541. The molecule has 4 saturated heterocycles. The molecule has 1 aromatic carbocycles. The average Bonchev–Trinajstić information content (AvgIpc) is 3.58. The summed E-state index contributed by atoms with van der Waals surface area (Å²) < 4.78 is 73.2. The van der Waals surface area contributed by atoms with E-state index in [0.29, 0.717) is 75.9 Å². The van der Waals surface area contributed by atoms with Gasteiger partial charge in [-0.25, -0.2) is 0 Å². The summed E-state index contributed by atoms with van der Waals surface area (Å²) >= 11 is 0. The van der Waals surface area contributed by atoms with Gasteiger partial charge in [0, 0.05) is 52.5 Å². The van der Waals surface area contributed by atoms with Crippen LogP contribution in [0.3, 0.4) is 0 Å². The Morgan fingerprint density at radius 3 is 2.33 bits per heavy atom. The zero-order chi connectivity index (χ0) is 27.8. The average molecular weight is 573 g/mol. The Kier molecular flexibility index (Phi) is 8.23. The number of amides is 2. The van der Waals surface area contributed by atoms with E-state index in [0.717, 1.165) is 25.2 Å². The molecule has 5 rings (SSSR count). The molecular weight excluding hydrogens is 537 g/mol. The number of alkyl halides is 3. The van der Waals surface area contributed by atoms with Crippen molar-refractivity contribution in [3.05, 3.63) is 35.4 Å². The van der Waals surface area contributed by atoms with Crippen molar-refractivity contribution in [2.75, 3.05) is 45.9 Å². The van der Waals surface area contributed by atoms with Gasteiger partial charge in [0.2, 0.25) is 11.8 Å². The standard InChI is InChI=1S/C26H35F3N4O5S/c27-26(28,29)22-7-5-18(6-8-22)13-30-24(34)23-4-2-11-33(23)25(35)19-3-1-10-31(14-19)39(36,37)32-15-21(16-32)20-9-12-38-17-20/h5-8,19-21,23H,1-4,9-17H2,(H,30,34)/t19-,20?,23+/m0/s1. The van der Waals surface area contributed by atoms with E-state index in [2.05, 4.69) is 5.32 Å². The van der Waals surface area contributed by atoms with E-state index in [1.54, 1.807) is 4.90 Å². The summed E-state index contributed by atoms with van der Waals surface area (Å²) in [5.41, 5.74) is -0.236. The van der Waals surface area contributed by atoms with Crippen molar-refractivity contribution in [2.24, 2.45) is 17.8 Å². The number of halogens is 3. The van der Waals surface area contributed by atoms with E-state index >= 15 is 0 Å². The minimum Gasteiger partial charge on any atom is -0.381 e. The lowest BCUT2D eigenvalue weighted by molar-refractivity contribution is -0.142. The van der Waals surface area contributed by atoms with Crippen LogP contribution in [0.4, 0.5) is 13.2 Å². The number of piperidine rings is 1. The van der Waals surface area contributed by atoms with Gasteiger partial charge in [-0.2, -0.15) is 30.2 Å². The zero-order valence-electron chi connectivity index (χ0n) is 21.7. The van der Waals surface area contributed by atoms with Crippen LogP contribution in [0.15, 0.2) is 24.3 Å². The molecule has 0 aliphatic carbocycles. The van der Waals surface area contributed by atoms with Crippen molar-refractivity contribution in [2.45, 2.75) is 50.9 Å². The highest BCUT2D eigenvalue weighted by molar-refractivity contribution is 7.86. The van der Waals surface area contributed by atoms with Gasteiger partial charge < -0.3 is 15.0 Å². The molecule has 0 saturated carbocycles. The highest BCUT2D eigenvalue weighted by Crippen LogP contribution is 2.34. The van der Waals surface area contributed by atoms with Crippen molar-refractivity contribution in [3.8, 4) is 0 Å². The SMILES string of the molecule is O=C(NCc1ccc(C(F)(F)F)cc1)[C@H]1CCCN1C(=O)[C@H]1CCCN(S(=O)(=O)N2CC(C3CCOC3)C2)C1. The Hall–Kier alpha value is -2.22. The summed E-state index contributed by atoms with van der Waals surface area (Å²) in [5.74, 6) is -0.368. The molecule has 0 radical (unpaired) electrons. The molecule has 4 heterocycles. The molecule has 1 aromatic rings. The van der Waals surface area contributed by atoms with Crippen LogP contribution in [-0.2, 0) is 37.3 Å². The van der Waals surface area contributed by atoms with E-state index < -0.39 is 33.9 Å². The number of rotatable bonds is 7. The predicted octanol–water partition coefficient (Wildman–Crippen LogP) is 2.24. The van der Waals surface area contributed by atoms with Crippen LogP contribution in [0.1, 0.15) is 43.2 Å². The molecule has 13 heteroatoms. The summed E-state index contributed by atoms with van der Waals surface area (Å²) in [6, 6.07) is 3.90. The third kappa shape index (κ3) is 6.10. The van der Waals surface area contributed by atoms with Gasteiger partial charge in [0.1, 0.15) is 6.04 Å². The molecule has 39 heavy (non-hydrogen) atoms. The van der Waals surface area contributed by atoms with Crippen LogP contribution in [0.5, 0.6) is 0 Å². The van der Waals surface area contributed by atoms with Crippen molar-refractivity contribution < 1.29 is 35.9 Å². The van der Waals surface area contributed by atoms with E-state index in [1.165, 1.54) is 20.7 Å². The minimum absolute atomic E-state index is 0.0504. The zero-order valence-corrected chi connectivity index (χ0v) is 22.6. The second kappa shape index (κ2) is 11.3. The smallest absolute Gasteiger partial charge is 0.381 e. The number of hydrogen-bond acceptors (Lipinski definition) is 5.